The Morgan fingerprint density at radius 3 is 2.23 bits per heavy atom. The Labute approximate surface area is 200 Å². The normalized spacial score (nSPS) is 11.2. The summed E-state index contributed by atoms with van der Waals surface area (Å²) < 4.78 is 17.2. The molecule has 0 aliphatic carbocycles. The van der Waals surface area contributed by atoms with E-state index in [1.54, 1.807) is 6.07 Å². The first-order chi connectivity index (χ1) is 15.0. The fraction of sp³-hybridized carbons (Fsp3) is 0.160. The Balaban J connectivity index is 1.75. The Kier molecular flexibility index (Phi) is 8.37. The SMILES string of the molecule is COC(=O)COc1ccc(OC/C=C(/c2ccc(Cl)cc2)c2ccc(I)cc2)cc1C. The molecule has 0 fully saturated rings. The van der Waals surface area contributed by atoms with E-state index < -0.39 is 5.97 Å². The van der Waals surface area contributed by atoms with Gasteiger partial charge in [-0.05, 0) is 100 Å². The van der Waals surface area contributed by atoms with Crippen molar-refractivity contribution >= 4 is 45.7 Å². The molecule has 0 N–H and O–H groups in total. The molecule has 0 aromatic heterocycles. The first-order valence-corrected chi connectivity index (χ1v) is 11.1. The van der Waals surface area contributed by atoms with Gasteiger partial charge in [0.25, 0.3) is 0 Å². The smallest absolute Gasteiger partial charge is 0.343 e. The molecule has 3 aromatic carbocycles. The second-order valence-corrected chi connectivity index (χ2v) is 8.42. The van der Waals surface area contributed by atoms with E-state index in [1.165, 1.54) is 10.7 Å². The minimum Gasteiger partial charge on any atom is -0.489 e. The average molecular weight is 549 g/mol. The van der Waals surface area contributed by atoms with E-state index >= 15 is 0 Å². The summed E-state index contributed by atoms with van der Waals surface area (Å²) in [5.41, 5.74) is 4.12. The van der Waals surface area contributed by atoms with Gasteiger partial charge in [-0.2, -0.15) is 0 Å². The highest BCUT2D eigenvalue weighted by molar-refractivity contribution is 14.1. The molecule has 0 atom stereocenters. The van der Waals surface area contributed by atoms with Crippen LogP contribution in [-0.2, 0) is 9.53 Å². The van der Waals surface area contributed by atoms with Crippen LogP contribution in [0.4, 0.5) is 0 Å². The number of carbonyl (C=O) groups excluding carboxylic acids is 1. The van der Waals surface area contributed by atoms with Crippen molar-refractivity contribution in [1.82, 2.24) is 0 Å². The molecule has 160 valence electrons. The van der Waals surface area contributed by atoms with Crippen LogP contribution < -0.4 is 9.47 Å². The van der Waals surface area contributed by atoms with Crippen molar-refractivity contribution in [2.75, 3.05) is 20.3 Å². The number of rotatable bonds is 8. The molecule has 0 spiro atoms. The second-order valence-electron chi connectivity index (χ2n) is 6.73. The van der Waals surface area contributed by atoms with E-state index in [0.29, 0.717) is 17.4 Å². The molecule has 0 aliphatic rings. The molecular formula is C25H22ClIO4. The monoisotopic (exact) mass is 548 g/mol. The summed E-state index contributed by atoms with van der Waals surface area (Å²) in [5, 5.41) is 0.701. The van der Waals surface area contributed by atoms with E-state index in [1.807, 2.05) is 43.3 Å². The maximum absolute atomic E-state index is 11.3. The lowest BCUT2D eigenvalue weighted by Crippen LogP contribution is -2.13. The minimum atomic E-state index is -0.421. The zero-order valence-electron chi connectivity index (χ0n) is 17.2. The number of hydrogen-bond acceptors (Lipinski definition) is 4. The number of aryl methyl sites for hydroxylation is 1. The van der Waals surface area contributed by atoms with Crippen LogP contribution in [0.5, 0.6) is 11.5 Å². The lowest BCUT2D eigenvalue weighted by molar-refractivity contribution is -0.142. The van der Waals surface area contributed by atoms with Crippen molar-refractivity contribution in [3.05, 3.63) is 98.1 Å². The number of hydrogen-bond donors (Lipinski definition) is 0. The van der Waals surface area contributed by atoms with Crippen LogP contribution in [0.3, 0.4) is 0 Å². The fourth-order valence-corrected chi connectivity index (χ4v) is 3.44. The highest BCUT2D eigenvalue weighted by Crippen LogP contribution is 2.27. The summed E-state index contributed by atoms with van der Waals surface area (Å²) in [7, 11) is 1.33. The van der Waals surface area contributed by atoms with Crippen molar-refractivity contribution in [1.29, 1.82) is 0 Å². The molecule has 0 unspecified atom stereocenters. The van der Waals surface area contributed by atoms with E-state index in [9.17, 15) is 4.79 Å². The van der Waals surface area contributed by atoms with Crippen molar-refractivity contribution in [2.45, 2.75) is 6.92 Å². The van der Waals surface area contributed by atoms with E-state index in [2.05, 4.69) is 57.7 Å². The Bertz CT molecular complexity index is 1010. The first-order valence-electron chi connectivity index (χ1n) is 9.61. The summed E-state index contributed by atoms with van der Waals surface area (Å²) >= 11 is 8.36. The van der Waals surface area contributed by atoms with Crippen LogP contribution in [0.2, 0.25) is 5.02 Å². The predicted molar refractivity (Wildman–Crippen MR) is 132 cm³/mol. The summed E-state index contributed by atoms with van der Waals surface area (Å²) in [6, 6.07) is 21.6. The molecule has 0 amide bonds. The number of ether oxygens (including phenoxy) is 3. The zero-order valence-corrected chi connectivity index (χ0v) is 20.1. The van der Waals surface area contributed by atoms with Gasteiger partial charge in [-0.3, -0.25) is 0 Å². The predicted octanol–water partition coefficient (Wildman–Crippen LogP) is 6.32. The lowest BCUT2D eigenvalue weighted by Gasteiger charge is -2.12. The fourth-order valence-electron chi connectivity index (χ4n) is 2.95. The Morgan fingerprint density at radius 2 is 1.61 bits per heavy atom. The molecule has 0 saturated heterocycles. The molecule has 6 heteroatoms. The second kappa shape index (κ2) is 11.2. The first kappa shape index (κ1) is 23.2. The third kappa shape index (κ3) is 6.74. The molecule has 0 bridgehead atoms. The maximum atomic E-state index is 11.3. The molecular weight excluding hydrogens is 527 g/mol. The molecule has 0 radical (unpaired) electrons. The maximum Gasteiger partial charge on any atom is 0.343 e. The standard InChI is InChI=1S/C25H22ClIO4/c1-17-15-22(11-12-24(17)31-16-25(28)29-2)30-14-13-23(18-3-7-20(26)8-4-18)19-5-9-21(27)10-6-19/h3-13,15H,14,16H2,1-2H3/b23-13-. The summed E-state index contributed by atoms with van der Waals surface area (Å²) in [6.07, 6.45) is 2.06. The lowest BCUT2D eigenvalue weighted by atomic mass is 9.98. The van der Waals surface area contributed by atoms with Crippen LogP contribution in [0.15, 0.2) is 72.8 Å². The minimum absolute atomic E-state index is 0.124. The van der Waals surface area contributed by atoms with Gasteiger partial charge in [0, 0.05) is 8.59 Å². The van der Waals surface area contributed by atoms with Crippen LogP contribution in [-0.4, -0.2) is 26.3 Å². The summed E-state index contributed by atoms with van der Waals surface area (Å²) in [5.74, 6) is 0.918. The zero-order chi connectivity index (χ0) is 22.2. The highest BCUT2D eigenvalue weighted by atomic mass is 127. The Morgan fingerprint density at radius 1 is 0.968 bits per heavy atom. The van der Waals surface area contributed by atoms with Gasteiger partial charge in [-0.15, -0.1) is 0 Å². The highest BCUT2D eigenvalue weighted by Gasteiger charge is 2.08. The van der Waals surface area contributed by atoms with Gasteiger partial charge in [0.2, 0.25) is 0 Å². The largest absolute Gasteiger partial charge is 0.489 e. The summed E-state index contributed by atoms with van der Waals surface area (Å²) in [4.78, 5) is 11.3. The van der Waals surface area contributed by atoms with Gasteiger partial charge in [-0.1, -0.05) is 35.9 Å². The third-order valence-electron chi connectivity index (χ3n) is 4.57. The van der Waals surface area contributed by atoms with E-state index in [-0.39, 0.29) is 6.61 Å². The molecule has 31 heavy (non-hydrogen) atoms. The van der Waals surface area contributed by atoms with Crippen molar-refractivity contribution in [2.24, 2.45) is 0 Å². The van der Waals surface area contributed by atoms with Gasteiger partial charge in [0.15, 0.2) is 6.61 Å². The molecule has 0 aliphatic heterocycles. The van der Waals surface area contributed by atoms with Crippen LogP contribution in [0, 0.1) is 10.5 Å². The van der Waals surface area contributed by atoms with Gasteiger partial charge in [0.1, 0.15) is 18.1 Å². The average Bonchev–Trinajstić information content (AvgIpc) is 2.77. The number of benzene rings is 3. The number of esters is 1. The molecule has 3 rings (SSSR count). The van der Waals surface area contributed by atoms with Gasteiger partial charge < -0.3 is 14.2 Å². The van der Waals surface area contributed by atoms with E-state index in [4.69, 9.17) is 21.1 Å². The van der Waals surface area contributed by atoms with Gasteiger partial charge in [0.05, 0.1) is 7.11 Å². The number of carbonyl (C=O) groups is 1. The van der Waals surface area contributed by atoms with Gasteiger partial charge >= 0.3 is 5.97 Å². The van der Waals surface area contributed by atoms with Crippen LogP contribution in [0.1, 0.15) is 16.7 Å². The topological polar surface area (TPSA) is 44.8 Å². The quantitative estimate of drug-likeness (QED) is 0.244. The van der Waals surface area contributed by atoms with Crippen molar-refractivity contribution in [3.8, 4) is 11.5 Å². The van der Waals surface area contributed by atoms with Gasteiger partial charge in [-0.25, -0.2) is 4.79 Å². The molecule has 0 saturated carbocycles. The van der Waals surface area contributed by atoms with Crippen molar-refractivity contribution in [3.63, 3.8) is 0 Å². The van der Waals surface area contributed by atoms with E-state index in [0.717, 1.165) is 28.0 Å². The van der Waals surface area contributed by atoms with Crippen LogP contribution >= 0.6 is 34.2 Å². The summed E-state index contributed by atoms with van der Waals surface area (Å²) in [6.45, 7) is 2.17. The molecule has 0 heterocycles. The Hall–Kier alpha value is -2.51. The third-order valence-corrected chi connectivity index (χ3v) is 5.54. The number of halogens is 2. The molecule has 3 aromatic rings. The van der Waals surface area contributed by atoms with Crippen molar-refractivity contribution < 1.29 is 19.0 Å². The number of methoxy groups -OCH3 is 1. The van der Waals surface area contributed by atoms with Crippen LogP contribution in [0.25, 0.3) is 5.57 Å². The molecule has 4 nitrogen and oxygen atoms in total.